The second-order valence-electron chi connectivity index (χ2n) is 6.23. The molecule has 1 N–H and O–H groups in total. The van der Waals surface area contributed by atoms with Crippen LogP contribution in [0.2, 0.25) is 5.02 Å². The van der Waals surface area contributed by atoms with Crippen LogP contribution in [0.1, 0.15) is 12.5 Å². The molecule has 0 saturated carbocycles. The molecular formula is C21H18BrClN2O6. The number of rotatable bonds is 7. The Morgan fingerprint density at radius 1 is 1.19 bits per heavy atom. The molecule has 1 saturated heterocycles. The van der Waals surface area contributed by atoms with Gasteiger partial charge in [0, 0.05) is 9.50 Å². The Kier molecular flexibility index (Phi) is 7.19. The van der Waals surface area contributed by atoms with Crippen molar-refractivity contribution in [1.82, 2.24) is 5.32 Å². The van der Waals surface area contributed by atoms with E-state index in [9.17, 15) is 14.4 Å². The molecule has 0 aliphatic carbocycles. The average Bonchev–Trinajstić information content (AvgIpc) is 3.01. The number of benzene rings is 2. The van der Waals surface area contributed by atoms with Crippen molar-refractivity contribution >= 4 is 57.2 Å². The number of esters is 1. The number of methoxy groups -OCH3 is 1. The lowest BCUT2D eigenvalue weighted by atomic mass is 10.1. The van der Waals surface area contributed by atoms with Gasteiger partial charge in [0.2, 0.25) is 0 Å². The molecule has 1 heterocycles. The number of ether oxygens (including phenoxy) is 3. The first-order chi connectivity index (χ1) is 14.8. The molecule has 0 spiro atoms. The van der Waals surface area contributed by atoms with Gasteiger partial charge in [0.1, 0.15) is 5.70 Å². The zero-order chi connectivity index (χ0) is 22.5. The normalized spacial score (nSPS) is 14.6. The highest BCUT2D eigenvalue weighted by Gasteiger charge is 2.35. The average molecular weight is 510 g/mol. The van der Waals surface area contributed by atoms with Crippen molar-refractivity contribution in [3.63, 3.8) is 0 Å². The molecule has 3 rings (SSSR count). The smallest absolute Gasteiger partial charge is 0.343 e. The monoisotopic (exact) mass is 508 g/mol. The number of carbonyl (C=O) groups is 3. The number of imide groups is 1. The van der Waals surface area contributed by atoms with E-state index in [0.29, 0.717) is 38.9 Å². The number of amides is 3. The maximum absolute atomic E-state index is 12.8. The highest BCUT2D eigenvalue weighted by Crippen LogP contribution is 2.35. The van der Waals surface area contributed by atoms with Gasteiger partial charge in [0.25, 0.3) is 5.91 Å². The molecule has 1 aliphatic rings. The molecule has 1 fully saturated rings. The summed E-state index contributed by atoms with van der Waals surface area (Å²) in [5.41, 5.74) is 1.00. The number of hydrogen-bond donors (Lipinski definition) is 1. The molecule has 8 nitrogen and oxygen atoms in total. The van der Waals surface area contributed by atoms with Gasteiger partial charge in [0.15, 0.2) is 18.1 Å². The number of urea groups is 1. The lowest BCUT2D eigenvalue weighted by Gasteiger charge is -2.13. The van der Waals surface area contributed by atoms with Crippen LogP contribution in [0, 0.1) is 0 Å². The van der Waals surface area contributed by atoms with Crippen LogP contribution in [0.5, 0.6) is 11.5 Å². The number of hydrogen-bond acceptors (Lipinski definition) is 6. The number of halogens is 2. The number of nitrogens with zero attached hydrogens (tertiary/aromatic N) is 1. The van der Waals surface area contributed by atoms with Gasteiger partial charge in [-0.25, -0.2) is 14.5 Å². The van der Waals surface area contributed by atoms with E-state index in [1.165, 1.54) is 19.3 Å². The second kappa shape index (κ2) is 9.84. The predicted octanol–water partition coefficient (Wildman–Crippen LogP) is 4.15. The van der Waals surface area contributed by atoms with Crippen molar-refractivity contribution in [3.8, 4) is 11.5 Å². The molecule has 2 aromatic rings. The third kappa shape index (κ3) is 5.18. The van der Waals surface area contributed by atoms with E-state index in [0.717, 1.165) is 4.90 Å². The second-order valence-corrected chi connectivity index (χ2v) is 7.52. The van der Waals surface area contributed by atoms with E-state index in [2.05, 4.69) is 26.0 Å². The van der Waals surface area contributed by atoms with E-state index in [-0.39, 0.29) is 12.3 Å². The Balaban J connectivity index is 1.91. The van der Waals surface area contributed by atoms with Crippen LogP contribution >= 0.6 is 27.5 Å². The Morgan fingerprint density at radius 2 is 1.94 bits per heavy atom. The molecule has 3 amide bonds. The molecule has 0 aromatic heterocycles. The predicted molar refractivity (Wildman–Crippen MR) is 118 cm³/mol. The summed E-state index contributed by atoms with van der Waals surface area (Å²) in [5.74, 6) is -0.373. The van der Waals surface area contributed by atoms with Crippen molar-refractivity contribution in [1.29, 1.82) is 0 Å². The molecular weight excluding hydrogens is 492 g/mol. The lowest BCUT2D eigenvalue weighted by Crippen LogP contribution is -2.30. The van der Waals surface area contributed by atoms with Crippen molar-refractivity contribution in [2.24, 2.45) is 0 Å². The topological polar surface area (TPSA) is 94.2 Å². The van der Waals surface area contributed by atoms with Gasteiger partial charge in [0.05, 0.1) is 19.4 Å². The lowest BCUT2D eigenvalue weighted by molar-refractivity contribution is -0.142. The van der Waals surface area contributed by atoms with Crippen molar-refractivity contribution in [3.05, 3.63) is 57.2 Å². The maximum atomic E-state index is 12.8. The van der Waals surface area contributed by atoms with Crippen molar-refractivity contribution < 1.29 is 28.6 Å². The van der Waals surface area contributed by atoms with Gasteiger partial charge in [-0.3, -0.25) is 4.79 Å². The largest absolute Gasteiger partial charge is 0.490 e. The van der Waals surface area contributed by atoms with Gasteiger partial charge in [-0.05, 0) is 48.9 Å². The maximum Gasteiger partial charge on any atom is 0.343 e. The summed E-state index contributed by atoms with van der Waals surface area (Å²) in [7, 11) is 1.26. The van der Waals surface area contributed by atoms with E-state index in [1.807, 2.05) is 0 Å². The van der Waals surface area contributed by atoms with Gasteiger partial charge >= 0.3 is 12.0 Å². The Bertz CT molecular complexity index is 1070. The summed E-state index contributed by atoms with van der Waals surface area (Å²) >= 11 is 9.39. The van der Waals surface area contributed by atoms with Crippen molar-refractivity contribution in [2.75, 3.05) is 25.2 Å². The minimum Gasteiger partial charge on any atom is -0.490 e. The highest BCUT2D eigenvalue weighted by atomic mass is 79.9. The third-order valence-corrected chi connectivity index (χ3v) is 5.10. The molecule has 162 valence electrons. The van der Waals surface area contributed by atoms with Gasteiger partial charge in [-0.15, -0.1) is 0 Å². The number of carbonyl (C=O) groups excluding carboxylic acids is 3. The summed E-state index contributed by atoms with van der Waals surface area (Å²) < 4.78 is 16.2. The zero-order valence-corrected chi connectivity index (χ0v) is 19.0. The summed E-state index contributed by atoms with van der Waals surface area (Å²) in [6, 6.07) is 9.10. The molecule has 0 bridgehead atoms. The van der Waals surface area contributed by atoms with Crippen LogP contribution in [-0.2, 0) is 14.3 Å². The Morgan fingerprint density at radius 3 is 2.61 bits per heavy atom. The molecule has 2 aromatic carbocycles. The first kappa shape index (κ1) is 22.6. The molecule has 0 radical (unpaired) electrons. The fraction of sp³-hybridized carbons (Fsp3) is 0.190. The Hall–Kier alpha value is -3.04. The van der Waals surface area contributed by atoms with Gasteiger partial charge in [-0.2, -0.15) is 0 Å². The van der Waals surface area contributed by atoms with E-state index in [1.54, 1.807) is 37.3 Å². The first-order valence-corrected chi connectivity index (χ1v) is 10.3. The number of nitrogens with one attached hydrogen (secondary N) is 1. The summed E-state index contributed by atoms with van der Waals surface area (Å²) in [6.07, 6.45) is 1.52. The standard InChI is InChI=1S/C21H18BrClN2O6/c1-3-30-17-8-12(15(22)10-18(17)31-11-19(26)29-2)7-16-20(27)25(21(28)24-16)14-6-4-5-13(23)9-14/h4-10H,3,11H2,1-2H3,(H,24,28)/b16-7+. The van der Waals surface area contributed by atoms with Crippen LogP contribution in [0.15, 0.2) is 46.6 Å². The van der Waals surface area contributed by atoms with Crippen LogP contribution in [0.4, 0.5) is 10.5 Å². The van der Waals surface area contributed by atoms with E-state index >= 15 is 0 Å². The van der Waals surface area contributed by atoms with Gasteiger partial charge < -0.3 is 19.5 Å². The van der Waals surface area contributed by atoms with Crippen LogP contribution < -0.4 is 19.7 Å². The molecule has 31 heavy (non-hydrogen) atoms. The summed E-state index contributed by atoms with van der Waals surface area (Å²) in [6.45, 7) is 1.87. The van der Waals surface area contributed by atoms with E-state index < -0.39 is 17.9 Å². The quantitative estimate of drug-likeness (QED) is 0.342. The van der Waals surface area contributed by atoms with E-state index in [4.69, 9.17) is 21.1 Å². The van der Waals surface area contributed by atoms with Gasteiger partial charge in [-0.1, -0.05) is 33.6 Å². The molecule has 10 heteroatoms. The first-order valence-electron chi connectivity index (χ1n) is 9.12. The molecule has 0 unspecified atom stereocenters. The molecule has 1 aliphatic heterocycles. The minimum atomic E-state index is -0.585. The SMILES string of the molecule is CCOc1cc(/C=C2/NC(=O)N(c3cccc(Cl)c3)C2=O)c(Br)cc1OCC(=O)OC. The summed E-state index contributed by atoms with van der Waals surface area (Å²) in [5, 5.41) is 2.97. The van der Waals surface area contributed by atoms with Crippen molar-refractivity contribution in [2.45, 2.75) is 6.92 Å². The Labute approximate surface area is 191 Å². The minimum absolute atomic E-state index is 0.0800. The van der Waals surface area contributed by atoms with Crippen LogP contribution in [0.3, 0.4) is 0 Å². The van der Waals surface area contributed by atoms with Crippen LogP contribution in [0.25, 0.3) is 6.08 Å². The fourth-order valence-electron chi connectivity index (χ4n) is 2.78. The molecule has 0 atom stereocenters. The zero-order valence-electron chi connectivity index (χ0n) is 16.6. The highest BCUT2D eigenvalue weighted by molar-refractivity contribution is 9.10. The number of anilines is 1. The fourth-order valence-corrected chi connectivity index (χ4v) is 3.40. The third-order valence-electron chi connectivity index (χ3n) is 4.18. The van der Waals surface area contributed by atoms with Crippen LogP contribution in [-0.4, -0.2) is 38.2 Å². The summed E-state index contributed by atoms with van der Waals surface area (Å²) in [4.78, 5) is 37.6.